The summed E-state index contributed by atoms with van der Waals surface area (Å²) in [5, 5.41) is 0. The molecule has 256 valence electrons. The van der Waals surface area contributed by atoms with Gasteiger partial charge in [0.25, 0.3) is 0 Å². The van der Waals surface area contributed by atoms with E-state index in [1.54, 1.807) is 0 Å². The summed E-state index contributed by atoms with van der Waals surface area (Å²) in [6.07, 6.45) is 28.1. The Morgan fingerprint density at radius 2 is 1.23 bits per heavy atom. The number of esters is 1. The summed E-state index contributed by atoms with van der Waals surface area (Å²) in [7, 11) is 0. The Bertz CT molecular complexity index is 724. The lowest BCUT2D eigenvalue weighted by atomic mass is 9.91. The summed E-state index contributed by atoms with van der Waals surface area (Å²) >= 11 is 0. The number of carbonyl (C=O) groups is 3. The first-order chi connectivity index (χ1) is 21.5. The van der Waals surface area contributed by atoms with Gasteiger partial charge in [-0.3, -0.25) is 19.3 Å². The molecule has 1 aliphatic heterocycles. The van der Waals surface area contributed by atoms with Crippen LogP contribution in [-0.2, 0) is 19.1 Å². The maximum absolute atomic E-state index is 13.1. The Morgan fingerprint density at radius 1 is 0.705 bits per heavy atom. The molecule has 0 unspecified atom stereocenters. The molecule has 0 atom stereocenters. The third-order valence-corrected chi connectivity index (χ3v) is 9.25. The fourth-order valence-electron chi connectivity index (χ4n) is 6.36. The van der Waals surface area contributed by atoms with E-state index in [4.69, 9.17) is 4.74 Å². The second kappa shape index (κ2) is 28.8. The lowest BCUT2D eigenvalue weighted by Crippen LogP contribution is -2.40. The number of allylic oxidation sites excluding steroid dienone is 1. The van der Waals surface area contributed by atoms with Gasteiger partial charge in [-0.25, -0.2) is 0 Å². The van der Waals surface area contributed by atoms with Crippen LogP contribution in [0.4, 0.5) is 0 Å². The molecule has 6 heteroatoms. The maximum atomic E-state index is 13.1. The van der Waals surface area contributed by atoms with Gasteiger partial charge >= 0.3 is 5.97 Å². The predicted molar refractivity (Wildman–Crippen MR) is 185 cm³/mol. The van der Waals surface area contributed by atoms with Crippen molar-refractivity contribution >= 4 is 17.7 Å². The number of carbonyl (C=O) groups excluding carboxylic acids is 3. The van der Waals surface area contributed by atoms with E-state index in [0.717, 1.165) is 103 Å². The fourth-order valence-corrected chi connectivity index (χ4v) is 6.36. The molecule has 0 bridgehead atoms. The van der Waals surface area contributed by atoms with Crippen molar-refractivity contribution in [3.8, 4) is 0 Å². The molecule has 1 heterocycles. The highest BCUT2D eigenvalue weighted by molar-refractivity contribution is 5.88. The quantitative estimate of drug-likeness (QED) is 0.0440. The van der Waals surface area contributed by atoms with Gasteiger partial charge in [0.05, 0.1) is 13.2 Å². The summed E-state index contributed by atoms with van der Waals surface area (Å²) in [6.45, 7) is 13.0. The molecule has 0 spiro atoms. The Hall–Kier alpha value is -1.69. The van der Waals surface area contributed by atoms with Crippen molar-refractivity contribution in [2.45, 2.75) is 168 Å². The third-order valence-electron chi connectivity index (χ3n) is 9.25. The molecule has 0 aromatic carbocycles. The summed E-state index contributed by atoms with van der Waals surface area (Å²) in [5.41, 5.74) is 0. The minimum absolute atomic E-state index is 0.0375. The normalized spacial score (nSPS) is 13.4. The number of nitrogens with zero attached hydrogens (tertiary/aromatic N) is 2. The molecule has 44 heavy (non-hydrogen) atoms. The minimum atomic E-state index is -0.0375. The number of ketones is 1. The topological polar surface area (TPSA) is 66.9 Å². The van der Waals surface area contributed by atoms with E-state index < -0.39 is 0 Å². The van der Waals surface area contributed by atoms with Crippen molar-refractivity contribution in [1.82, 2.24) is 9.80 Å². The molecule has 1 fully saturated rings. The van der Waals surface area contributed by atoms with E-state index in [2.05, 4.69) is 30.2 Å². The van der Waals surface area contributed by atoms with Crippen LogP contribution in [0.3, 0.4) is 0 Å². The maximum Gasteiger partial charge on any atom is 0.305 e. The van der Waals surface area contributed by atoms with Crippen LogP contribution >= 0.6 is 0 Å². The lowest BCUT2D eigenvalue weighted by Gasteiger charge is -2.25. The van der Waals surface area contributed by atoms with Crippen LogP contribution in [-0.4, -0.2) is 66.8 Å². The van der Waals surface area contributed by atoms with E-state index in [1.165, 1.54) is 76.7 Å². The number of unbranched alkanes of at least 4 members (excludes halogenated alkanes) is 12. The molecule has 1 rings (SSSR count). The van der Waals surface area contributed by atoms with Crippen LogP contribution in [0.25, 0.3) is 0 Å². The van der Waals surface area contributed by atoms with Crippen molar-refractivity contribution in [2.75, 3.05) is 39.3 Å². The van der Waals surface area contributed by atoms with Gasteiger partial charge in [0.1, 0.15) is 0 Å². The molecule has 0 saturated carbocycles. The first-order valence-corrected chi connectivity index (χ1v) is 18.8. The first kappa shape index (κ1) is 40.3. The molecule has 6 nitrogen and oxygen atoms in total. The third kappa shape index (κ3) is 22.8. The SMILES string of the molecule is C=CC(=O)CCCCCCCN(CCCCCCCC(=O)OCCCC(CCCCC)CCCCC)C(=O)CN1CCCC1. The zero-order chi connectivity index (χ0) is 32.1. The number of hydrogen-bond donors (Lipinski definition) is 0. The summed E-state index contributed by atoms with van der Waals surface area (Å²) in [4.78, 5) is 41.1. The van der Waals surface area contributed by atoms with Gasteiger partial charge in [-0.1, -0.05) is 110 Å². The molecule has 1 aliphatic rings. The number of ether oxygens (including phenoxy) is 1. The number of amides is 1. The Balaban J connectivity index is 2.19. The second-order valence-electron chi connectivity index (χ2n) is 13.3. The first-order valence-electron chi connectivity index (χ1n) is 18.8. The van der Waals surface area contributed by atoms with E-state index in [-0.39, 0.29) is 17.7 Å². The molecule has 0 aliphatic carbocycles. The van der Waals surface area contributed by atoms with E-state index in [0.29, 0.717) is 26.0 Å². The average molecular weight is 619 g/mol. The second-order valence-corrected chi connectivity index (χ2v) is 13.3. The summed E-state index contributed by atoms with van der Waals surface area (Å²) in [6, 6.07) is 0. The predicted octanol–water partition coefficient (Wildman–Crippen LogP) is 9.45. The van der Waals surface area contributed by atoms with Crippen molar-refractivity contribution in [3.63, 3.8) is 0 Å². The van der Waals surface area contributed by atoms with Gasteiger partial charge in [0.15, 0.2) is 5.78 Å². The Labute approximate surface area is 272 Å². The number of rotatable bonds is 31. The van der Waals surface area contributed by atoms with Gasteiger partial charge in [-0.15, -0.1) is 0 Å². The number of hydrogen-bond acceptors (Lipinski definition) is 5. The molecule has 0 radical (unpaired) electrons. The van der Waals surface area contributed by atoms with E-state index in [1.807, 2.05) is 0 Å². The molecular formula is C38H70N2O4. The highest BCUT2D eigenvalue weighted by Gasteiger charge is 2.19. The van der Waals surface area contributed by atoms with E-state index >= 15 is 0 Å². The monoisotopic (exact) mass is 619 g/mol. The van der Waals surface area contributed by atoms with Crippen LogP contribution in [0.15, 0.2) is 12.7 Å². The van der Waals surface area contributed by atoms with Gasteiger partial charge in [-0.2, -0.15) is 0 Å². The van der Waals surface area contributed by atoms with E-state index in [9.17, 15) is 14.4 Å². The van der Waals surface area contributed by atoms with Gasteiger partial charge in [0, 0.05) is 25.9 Å². The molecule has 0 aromatic rings. The summed E-state index contributed by atoms with van der Waals surface area (Å²) in [5.74, 6) is 1.17. The number of likely N-dealkylation sites (tertiary alicyclic amines) is 1. The minimum Gasteiger partial charge on any atom is -0.466 e. The Kier molecular flexibility index (Phi) is 26.4. The van der Waals surface area contributed by atoms with Crippen molar-refractivity contribution in [1.29, 1.82) is 0 Å². The van der Waals surface area contributed by atoms with Crippen molar-refractivity contribution < 1.29 is 19.1 Å². The smallest absolute Gasteiger partial charge is 0.305 e. The Morgan fingerprint density at radius 3 is 1.80 bits per heavy atom. The van der Waals surface area contributed by atoms with Crippen molar-refractivity contribution in [2.24, 2.45) is 5.92 Å². The lowest BCUT2D eigenvalue weighted by molar-refractivity contribution is -0.144. The standard InChI is InChI=1S/C38H70N2O4/c1-4-7-15-24-35(25-16-8-5-2)26-23-33-44-38(43)28-18-12-10-14-20-32-40(37(42)34-39-29-21-22-30-39)31-19-13-9-11-17-27-36(41)6-3/h6,35H,3-5,7-34H2,1-2H3. The summed E-state index contributed by atoms with van der Waals surface area (Å²) < 4.78 is 5.56. The molecule has 0 N–H and O–H groups in total. The van der Waals surface area contributed by atoms with Crippen LogP contribution in [0.5, 0.6) is 0 Å². The highest BCUT2D eigenvalue weighted by Crippen LogP contribution is 2.22. The average Bonchev–Trinajstić information content (AvgIpc) is 3.53. The molecule has 0 aromatic heterocycles. The fraction of sp³-hybridized carbons (Fsp3) is 0.868. The van der Waals surface area contributed by atoms with Crippen LogP contribution < -0.4 is 0 Å². The van der Waals surface area contributed by atoms with Crippen LogP contribution in [0.1, 0.15) is 168 Å². The van der Waals surface area contributed by atoms with Crippen LogP contribution in [0, 0.1) is 5.92 Å². The zero-order valence-electron chi connectivity index (χ0n) is 29.1. The molecule has 1 amide bonds. The van der Waals surface area contributed by atoms with Crippen molar-refractivity contribution in [3.05, 3.63) is 12.7 Å². The van der Waals surface area contributed by atoms with Crippen LogP contribution in [0.2, 0.25) is 0 Å². The highest BCUT2D eigenvalue weighted by atomic mass is 16.5. The largest absolute Gasteiger partial charge is 0.466 e. The van der Waals surface area contributed by atoms with Gasteiger partial charge in [-0.05, 0) is 76.5 Å². The molecular weight excluding hydrogens is 548 g/mol. The van der Waals surface area contributed by atoms with Gasteiger partial charge in [0.2, 0.25) is 5.91 Å². The molecule has 1 saturated heterocycles. The zero-order valence-corrected chi connectivity index (χ0v) is 29.1. The van der Waals surface area contributed by atoms with Gasteiger partial charge < -0.3 is 9.64 Å².